The van der Waals surface area contributed by atoms with E-state index in [2.05, 4.69) is 0 Å². The Morgan fingerprint density at radius 2 is 2.00 bits per heavy atom. The average molecular weight is 330 g/mol. The number of benzene rings is 1. The zero-order valence-electron chi connectivity index (χ0n) is 13.3. The molecular formula is C16H21F3N2O2. The molecule has 1 saturated heterocycles. The van der Waals surface area contributed by atoms with Crippen molar-refractivity contribution in [3.63, 3.8) is 0 Å². The molecule has 1 aliphatic rings. The van der Waals surface area contributed by atoms with Crippen molar-refractivity contribution in [1.82, 2.24) is 9.80 Å². The molecule has 0 spiro atoms. The number of rotatable bonds is 4. The van der Waals surface area contributed by atoms with E-state index in [1.807, 2.05) is 6.92 Å². The van der Waals surface area contributed by atoms with Gasteiger partial charge in [-0.1, -0.05) is 12.1 Å². The summed E-state index contributed by atoms with van der Waals surface area (Å²) in [7, 11) is 0. The summed E-state index contributed by atoms with van der Waals surface area (Å²) in [4.78, 5) is 15.6. The number of carbonyl (C=O) groups is 1. The Morgan fingerprint density at radius 1 is 1.30 bits per heavy atom. The first-order chi connectivity index (χ1) is 10.8. The Kier molecular flexibility index (Phi) is 5.51. The van der Waals surface area contributed by atoms with Gasteiger partial charge in [0, 0.05) is 25.7 Å². The molecule has 2 rings (SSSR count). The van der Waals surface area contributed by atoms with Crippen molar-refractivity contribution in [2.75, 3.05) is 32.8 Å². The largest absolute Gasteiger partial charge is 0.493 e. The van der Waals surface area contributed by atoms with Crippen LogP contribution >= 0.6 is 0 Å². The van der Waals surface area contributed by atoms with Crippen molar-refractivity contribution in [2.24, 2.45) is 0 Å². The third-order valence-electron chi connectivity index (χ3n) is 3.85. The lowest BCUT2D eigenvalue weighted by atomic mass is 10.1. The lowest BCUT2D eigenvalue weighted by Crippen LogP contribution is -2.55. The van der Waals surface area contributed by atoms with Gasteiger partial charge in [0.2, 0.25) is 0 Å². The SMILES string of the molecule is CCOc1ccccc1C(=O)N1CCN(CC(F)(F)F)C(C)C1. The topological polar surface area (TPSA) is 32.8 Å². The fourth-order valence-electron chi connectivity index (χ4n) is 2.74. The third kappa shape index (κ3) is 4.60. The third-order valence-corrected chi connectivity index (χ3v) is 3.85. The zero-order valence-corrected chi connectivity index (χ0v) is 13.3. The maximum absolute atomic E-state index is 12.6. The minimum Gasteiger partial charge on any atom is -0.493 e. The van der Waals surface area contributed by atoms with Gasteiger partial charge < -0.3 is 9.64 Å². The van der Waals surface area contributed by atoms with E-state index in [4.69, 9.17) is 4.74 Å². The minimum absolute atomic E-state index is 0.201. The first kappa shape index (κ1) is 17.6. The Bertz CT molecular complexity index is 548. The van der Waals surface area contributed by atoms with E-state index in [1.54, 1.807) is 36.1 Å². The average Bonchev–Trinajstić information content (AvgIpc) is 2.48. The highest BCUT2D eigenvalue weighted by Crippen LogP contribution is 2.23. The van der Waals surface area contributed by atoms with Crippen molar-refractivity contribution in [2.45, 2.75) is 26.1 Å². The van der Waals surface area contributed by atoms with E-state index in [1.165, 1.54) is 4.90 Å². The summed E-state index contributed by atoms with van der Waals surface area (Å²) >= 11 is 0. The number of nitrogens with zero attached hydrogens (tertiary/aromatic N) is 2. The first-order valence-electron chi connectivity index (χ1n) is 7.63. The first-order valence-corrected chi connectivity index (χ1v) is 7.63. The van der Waals surface area contributed by atoms with E-state index in [9.17, 15) is 18.0 Å². The van der Waals surface area contributed by atoms with E-state index >= 15 is 0 Å². The van der Waals surface area contributed by atoms with Gasteiger partial charge in [-0.25, -0.2) is 0 Å². The molecule has 1 fully saturated rings. The number of halogens is 3. The van der Waals surface area contributed by atoms with E-state index in [-0.39, 0.29) is 31.6 Å². The summed E-state index contributed by atoms with van der Waals surface area (Å²) in [6.07, 6.45) is -4.22. The van der Waals surface area contributed by atoms with Gasteiger partial charge in [-0.15, -0.1) is 0 Å². The van der Waals surface area contributed by atoms with Gasteiger partial charge in [0.1, 0.15) is 5.75 Å². The lowest BCUT2D eigenvalue weighted by Gasteiger charge is -2.40. The van der Waals surface area contributed by atoms with Gasteiger partial charge in [0.25, 0.3) is 5.91 Å². The van der Waals surface area contributed by atoms with Crippen LogP contribution in [0.2, 0.25) is 0 Å². The molecule has 1 aromatic rings. The van der Waals surface area contributed by atoms with Crippen LogP contribution in [0.25, 0.3) is 0 Å². The fourth-order valence-corrected chi connectivity index (χ4v) is 2.74. The van der Waals surface area contributed by atoms with Crippen LogP contribution in [0.4, 0.5) is 13.2 Å². The molecule has 0 saturated carbocycles. The maximum Gasteiger partial charge on any atom is 0.401 e. The van der Waals surface area contributed by atoms with Crippen LogP contribution in [0.5, 0.6) is 5.75 Å². The highest BCUT2D eigenvalue weighted by atomic mass is 19.4. The van der Waals surface area contributed by atoms with Crippen molar-refractivity contribution in [1.29, 1.82) is 0 Å². The van der Waals surface area contributed by atoms with Crippen LogP contribution < -0.4 is 4.74 Å². The molecule has 23 heavy (non-hydrogen) atoms. The molecule has 0 aromatic heterocycles. The molecule has 1 heterocycles. The number of hydrogen-bond donors (Lipinski definition) is 0. The van der Waals surface area contributed by atoms with Crippen LogP contribution in [0, 0.1) is 0 Å². The number of piperazine rings is 1. The molecular weight excluding hydrogens is 309 g/mol. The smallest absolute Gasteiger partial charge is 0.401 e. The Hall–Kier alpha value is -1.76. The van der Waals surface area contributed by atoms with Gasteiger partial charge in [0.15, 0.2) is 0 Å². The second-order valence-corrected chi connectivity index (χ2v) is 5.62. The van der Waals surface area contributed by atoms with Crippen LogP contribution in [-0.2, 0) is 0 Å². The predicted molar refractivity (Wildman–Crippen MR) is 80.6 cm³/mol. The van der Waals surface area contributed by atoms with Crippen LogP contribution in [0.3, 0.4) is 0 Å². The second kappa shape index (κ2) is 7.21. The molecule has 0 bridgehead atoms. The summed E-state index contributed by atoms with van der Waals surface area (Å²) in [5, 5.41) is 0. The number of ether oxygens (including phenoxy) is 1. The molecule has 1 amide bonds. The summed E-state index contributed by atoms with van der Waals surface area (Å²) in [6.45, 7) is 3.81. The normalized spacial score (nSPS) is 19.7. The molecule has 1 aromatic carbocycles. The molecule has 4 nitrogen and oxygen atoms in total. The summed E-state index contributed by atoms with van der Waals surface area (Å²) in [5.74, 6) is 0.304. The van der Waals surface area contributed by atoms with Crippen molar-refractivity contribution in [3.8, 4) is 5.75 Å². The number of para-hydroxylation sites is 1. The van der Waals surface area contributed by atoms with Crippen molar-refractivity contribution >= 4 is 5.91 Å². The Labute approximate surface area is 133 Å². The lowest BCUT2D eigenvalue weighted by molar-refractivity contribution is -0.153. The summed E-state index contributed by atoms with van der Waals surface area (Å²) in [6, 6.07) is 6.60. The molecule has 0 N–H and O–H groups in total. The molecule has 1 unspecified atom stereocenters. The van der Waals surface area contributed by atoms with Gasteiger partial charge in [-0.05, 0) is 26.0 Å². The van der Waals surface area contributed by atoms with Crippen molar-refractivity contribution < 1.29 is 22.7 Å². The maximum atomic E-state index is 12.6. The Morgan fingerprint density at radius 3 is 2.61 bits per heavy atom. The van der Waals surface area contributed by atoms with E-state index < -0.39 is 12.7 Å². The number of alkyl halides is 3. The minimum atomic E-state index is -4.22. The van der Waals surface area contributed by atoms with Crippen molar-refractivity contribution in [3.05, 3.63) is 29.8 Å². The predicted octanol–water partition coefficient (Wildman–Crippen LogP) is 2.79. The molecule has 7 heteroatoms. The molecule has 0 aliphatic carbocycles. The van der Waals surface area contributed by atoms with Gasteiger partial charge in [-0.3, -0.25) is 9.69 Å². The quantitative estimate of drug-likeness (QED) is 0.851. The van der Waals surface area contributed by atoms with E-state index in [0.717, 1.165) is 0 Å². The van der Waals surface area contributed by atoms with E-state index in [0.29, 0.717) is 17.9 Å². The monoisotopic (exact) mass is 330 g/mol. The molecule has 1 atom stereocenters. The number of hydrogen-bond acceptors (Lipinski definition) is 3. The van der Waals surface area contributed by atoms with Crippen LogP contribution in [-0.4, -0.2) is 60.7 Å². The summed E-state index contributed by atoms with van der Waals surface area (Å²) in [5.41, 5.74) is 0.450. The molecule has 0 radical (unpaired) electrons. The number of carbonyl (C=O) groups excluding carboxylic acids is 1. The van der Waals surface area contributed by atoms with Crippen LogP contribution in [0.15, 0.2) is 24.3 Å². The Balaban J connectivity index is 2.06. The highest BCUT2D eigenvalue weighted by Gasteiger charge is 2.36. The molecule has 1 aliphatic heterocycles. The van der Waals surface area contributed by atoms with Crippen LogP contribution in [0.1, 0.15) is 24.2 Å². The van der Waals surface area contributed by atoms with Gasteiger partial charge in [-0.2, -0.15) is 13.2 Å². The second-order valence-electron chi connectivity index (χ2n) is 5.62. The number of amides is 1. The fraction of sp³-hybridized carbons (Fsp3) is 0.562. The van der Waals surface area contributed by atoms with Gasteiger partial charge in [0.05, 0.1) is 18.7 Å². The van der Waals surface area contributed by atoms with Gasteiger partial charge >= 0.3 is 6.18 Å². The summed E-state index contributed by atoms with van der Waals surface area (Å²) < 4.78 is 43.1. The molecule has 128 valence electrons. The zero-order chi connectivity index (χ0) is 17.0. The standard InChI is InChI=1S/C16H21F3N2O2/c1-3-23-14-7-5-4-6-13(14)15(22)20-8-9-21(12(2)10-20)11-16(17,18)19/h4-7,12H,3,8-11H2,1-2H3. The highest BCUT2D eigenvalue weighted by molar-refractivity contribution is 5.97.